The predicted molar refractivity (Wildman–Crippen MR) is 94.7 cm³/mol. The second-order valence-corrected chi connectivity index (χ2v) is 6.03. The van der Waals surface area contributed by atoms with Crippen LogP contribution in [0.1, 0.15) is 33.6 Å². The van der Waals surface area contributed by atoms with Gasteiger partial charge in [0.25, 0.3) is 0 Å². The van der Waals surface area contributed by atoms with E-state index in [9.17, 15) is 0 Å². The lowest BCUT2D eigenvalue weighted by Crippen LogP contribution is -2.25. The van der Waals surface area contributed by atoms with E-state index in [4.69, 9.17) is 11.6 Å². The van der Waals surface area contributed by atoms with Crippen LogP contribution in [0.5, 0.6) is 0 Å². The van der Waals surface area contributed by atoms with Crippen molar-refractivity contribution in [2.24, 2.45) is 0 Å². The van der Waals surface area contributed by atoms with Gasteiger partial charge in [0.1, 0.15) is 12.1 Å². The summed E-state index contributed by atoms with van der Waals surface area (Å²) in [6, 6.07) is 6.07. The number of hydrogen-bond donors (Lipinski definition) is 1. The van der Waals surface area contributed by atoms with Crippen LogP contribution < -0.4 is 5.32 Å². The van der Waals surface area contributed by atoms with E-state index in [1.165, 1.54) is 6.42 Å². The lowest BCUT2D eigenvalue weighted by atomic mass is 10.1. The molecule has 1 heterocycles. The number of nitrogens with one attached hydrogen (secondary N) is 1. The Hall–Kier alpha value is -1.39. The van der Waals surface area contributed by atoms with Gasteiger partial charge in [0.2, 0.25) is 0 Å². The van der Waals surface area contributed by atoms with E-state index in [1.807, 2.05) is 18.2 Å². The Kier molecular flexibility index (Phi) is 6.40. The Morgan fingerprint density at radius 1 is 1.23 bits per heavy atom. The van der Waals surface area contributed by atoms with Crippen molar-refractivity contribution in [1.29, 1.82) is 0 Å². The maximum absolute atomic E-state index is 6.09. The molecule has 5 heteroatoms. The third kappa shape index (κ3) is 4.55. The first-order valence-corrected chi connectivity index (χ1v) is 8.41. The van der Waals surface area contributed by atoms with Gasteiger partial charge in [0, 0.05) is 16.5 Å². The van der Waals surface area contributed by atoms with Crippen molar-refractivity contribution in [3.63, 3.8) is 0 Å². The molecule has 0 spiro atoms. The average molecular weight is 321 g/mol. The quantitative estimate of drug-likeness (QED) is 0.791. The minimum absolute atomic E-state index is 0.368. The third-order valence-electron chi connectivity index (χ3n) is 3.99. The molecule has 0 amide bonds. The van der Waals surface area contributed by atoms with E-state index < -0.39 is 0 Å². The van der Waals surface area contributed by atoms with Crippen molar-refractivity contribution in [3.05, 3.63) is 29.5 Å². The fraction of sp³-hybridized carbons (Fsp3) is 0.529. The van der Waals surface area contributed by atoms with E-state index in [0.717, 1.165) is 42.8 Å². The average Bonchev–Trinajstić information content (AvgIpc) is 2.52. The van der Waals surface area contributed by atoms with Gasteiger partial charge in [-0.25, -0.2) is 9.97 Å². The molecule has 0 radical (unpaired) electrons. The smallest absolute Gasteiger partial charge is 0.137 e. The van der Waals surface area contributed by atoms with Crippen LogP contribution in [0, 0.1) is 0 Å². The minimum Gasteiger partial charge on any atom is -0.367 e. The molecule has 1 unspecified atom stereocenters. The molecule has 0 aliphatic rings. The van der Waals surface area contributed by atoms with Crippen molar-refractivity contribution in [2.75, 3.05) is 25.0 Å². The molecule has 0 fully saturated rings. The highest BCUT2D eigenvalue weighted by atomic mass is 35.5. The number of rotatable bonds is 8. The van der Waals surface area contributed by atoms with Gasteiger partial charge in [-0.1, -0.05) is 25.4 Å². The zero-order chi connectivity index (χ0) is 15.9. The van der Waals surface area contributed by atoms with E-state index >= 15 is 0 Å². The number of halogens is 1. The molecule has 0 aliphatic heterocycles. The first-order chi connectivity index (χ1) is 10.6. The lowest BCUT2D eigenvalue weighted by Gasteiger charge is -2.20. The number of fused-ring (bicyclic) bond motifs is 1. The predicted octanol–water partition coefficient (Wildman–Crippen LogP) is 4.21. The molecule has 1 N–H and O–H groups in total. The fourth-order valence-corrected chi connectivity index (χ4v) is 2.78. The molecule has 1 atom stereocenters. The van der Waals surface area contributed by atoms with E-state index in [1.54, 1.807) is 6.33 Å². The Morgan fingerprint density at radius 2 is 2.00 bits per heavy atom. The van der Waals surface area contributed by atoms with Gasteiger partial charge in [-0.2, -0.15) is 0 Å². The van der Waals surface area contributed by atoms with E-state index in [-0.39, 0.29) is 0 Å². The topological polar surface area (TPSA) is 41.0 Å². The summed E-state index contributed by atoms with van der Waals surface area (Å²) in [5.41, 5.74) is 0.914. The molecule has 1 aromatic carbocycles. The molecule has 2 rings (SSSR count). The number of hydrogen-bond acceptors (Lipinski definition) is 4. The van der Waals surface area contributed by atoms with Crippen LogP contribution in [0.15, 0.2) is 24.5 Å². The first kappa shape index (κ1) is 17.0. The second-order valence-electron chi connectivity index (χ2n) is 5.60. The van der Waals surface area contributed by atoms with Crippen molar-refractivity contribution in [3.8, 4) is 0 Å². The molecule has 22 heavy (non-hydrogen) atoms. The molecule has 1 aromatic heterocycles. The van der Waals surface area contributed by atoms with Gasteiger partial charge in [-0.3, -0.25) is 0 Å². The summed E-state index contributed by atoms with van der Waals surface area (Å²) in [7, 11) is 0. The van der Waals surface area contributed by atoms with E-state index in [0.29, 0.717) is 11.1 Å². The molecule has 0 saturated heterocycles. The largest absolute Gasteiger partial charge is 0.367 e. The van der Waals surface area contributed by atoms with Crippen molar-refractivity contribution in [2.45, 2.75) is 39.7 Å². The van der Waals surface area contributed by atoms with Gasteiger partial charge in [0.15, 0.2) is 0 Å². The Balaban J connectivity index is 1.97. The zero-order valence-corrected chi connectivity index (χ0v) is 14.4. The van der Waals surface area contributed by atoms with Gasteiger partial charge < -0.3 is 10.2 Å². The monoisotopic (exact) mass is 320 g/mol. The maximum atomic E-state index is 6.09. The van der Waals surface area contributed by atoms with Crippen LogP contribution in [0.2, 0.25) is 5.02 Å². The highest BCUT2D eigenvalue weighted by molar-refractivity contribution is 6.31. The van der Waals surface area contributed by atoms with Crippen molar-refractivity contribution < 1.29 is 0 Å². The summed E-state index contributed by atoms with van der Waals surface area (Å²) in [6.45, 7) is 10.0. The Morgan fingerprint density at radius 3 is 2.73 bits per heavy atom. The van der Waals surface area contributed by atoms with Crippen molar-refractivity contribution >= 4 is 28.3 Å². The Labute approximate surface area is 137 Å². The molecule has 2 aromatic rings. The van der Waals surface area contributed by atoms with Crippen LogP contribution in [0.4, 0.5) is 5.82 Å². The van der Waals surface area contributed by atoms with Gasteiger partial charge in [0.05, 0.1) is 5.52 Å². The summed E-state index contributed by atoms with van der Waals surface area (Å²) in [5, 5.41) is 5.18. The van der Waals surface area contributed by atoms with Crippen LogP contribution in [-0.2, 0) is 0 Å². The van der Waals surface area contributed by atoms with Crippen molar-refractivity contribution in [1.82, 2.24) is 14.9 Å². The van der Waals surface area contributed by atoms with Crippen LogP contribution in [-0.4, -0.2) is 40.5 Å². The summed E-state index contributed by atoms with van der Waals surface area (Å²) >= 11 is 6.09. The maximum Gasteiger partial charge on any atom is 0.137 e. The number of anilines is 1. The van der Waals surface area contributed by atoms with Gasteiger partial charge >= 0.3 is 0 Å². The summed E-state index contributed by atoms with van der Waals surface area (Å²) in [5.74, 6) is 0.864. The van der Waals surface area contributed by atoms with Crippen LogP contribution in [0.25, 0.3) is 10.9 Å². The normalized spacial score (nSPS) is 12.8. The molecule has 4 nitrogen and oxygen atoms in total. The number of nitrogens with zero attached hydrogens (tertiary/aromatic N) is 3. The molecule has 0 aliphatic carbocycles. The van der Waals surface area contributed by atoms with Gasteiger partial charge in [-0.15, -0.1) is 0 Å². The molecule has 120 valence electrons. The minimum atomic E-state index is 0.368. The van der Waals surface area contributed by atoms with E-state index in [2.05, 4.69) is 41.0 Å². The SMILES string of the molecule is CCN(CC)CCCC(C)Nc1ncnc2ccc(Cl)cc12. The summed E-state index contributed by atoms with van der Waals surface area (Å²) in [4.78, 5) is 11.1. The Bertz CT molecular complexity index is 598. The standard InChI is InChI=1S/C17H25ClN4/c1-4-22(5-2)10-6-7-13(3)21-17-15-11-14(18)8-9-16(15)19-12-20-17/h8-9,11-13H,4-7,10H2,1-3H3,(H,19,20,21). The highest BCUT2D eigenvalue weighted by Gasteiger charge is 2.08. The number of aromatic nitrogens is 2. The fourth-order valence-electron chi connectivity index (χ4n) is 2.61. The van der Waals surface area contributed by atoms with Crippen LogP contribution in [0.3, 0.4) is 0 Å². The van der Waals surface area contributed by atoms with Gasteiger partial charge in [-0.05, 0) is 57.6 Å². The highest BCUT2D eigenvalue weighted by Crippen LogP contribution is 2.23. The van der Waals surface area contributed by atoms with Crippen LogP contribution >= 0.6 is 11.6 Å². The summed E-state index contributed by atoms with van der Waals surface area (Å²) in [6.07, 6.45) is 3.89. The second kappa shape index (κ2) is 8.30. The molecular formula is C17H25ClN4. The zero-order valence-electron chi connectivity index (χ0n) is 13.6. The molecule has 0 saturated carbocycles. The number of benzene rings is 1. The first-order valence-electron chi connectivity index (χ1n) is 8.03. The lowest BCUT2D eigenvalue weighted by molar-refractivity contribution is 0.295. The third-order valence-corrected chi connectivity index (χ3v) is 4.22. The summed E-state index contributed by atoms with van der Waals surface area (Å²) < 4.78 is 0. The molecule has 0 bridgehead atoms. The molecular weight excluding hydrogens is 296 g/mol.